The molecule has 1 atom stereocenters. The third kappa shape index (κ3) is 3.61. The fourth-order valence-electron chi connectivity index (χ4n) is 1.50. The number of halogens is 4. The van der Waals surface area contributed by atoms with Gasteiger partial charge in [-0.3, -0.25) is 0 Å². The Morgan fingerprint density at radius 1 is 1.41 bits per heavy atom. The highest BCUT2D eigenvalue weighted by Gasteiger charge is 2.34. The van der Waals surface area contributed by atoms with Crippen molar-refractivity contribution < 1.29 is 23.0 Å². The van der Waals surface area contributed by atoms with Crippen LogP contribution in [-0.4, -0.2) is 18.3 Å². The van der Waals surface area contributed by atoms with E-state index >= 15 is 0 Å². The van der Waals surface area contributed by atoms with Gasteiger partial charge in [-0.25, -0.2) is 0 Å². The van der Waals surface area contributed by atoms with Gasteiger partial charge in [-0.1, -0.05) is 0 Å². The second-order valence-electron chi connectivity index (χ2n) is 3.69. The summed E-state index contributed by atoms with van der Waals surface area (Å²) in [6.07, 6.45) is -5.35. The van der Waals surface area contributed by atoms with Gasteiger partial charge in [0, 0.05) is 0 Å². The maximum absolute atomic E-state index is 12.8. The van der Waals surface area contributed by atoms with Crippen LogP contribution in [0.2, 0.25) is 0 Å². The van der Waals surface area contributed by atoms with Gasteiger partial charge in [-0.05, 0) is 47.0 Å². The van der Waals surface area contributed by atoms with Crippen molar-refractivity contribution in [1.29, 1.82) is 0 Å². The molecule has 0 spiro atoms. The van der Waals surface area contributed by atoms with Crippen LogP contribution in [0.1, 0.15) is 18.1 Å². The van der Waals surface area contributed by atoms with Gasteiger partial charge in [-0.15, -0.1) is 0 Å². The first-order chi connectivity index (χ1) is 7.75. The van der Waals surface area contributed by atoms with Crippen LogP contribution in [0.25, 0.3) is 0 Å². The Bertz CT molecular complexity index is 402. The van der Waals surface area contributed by atoms with E-state index in [4.69, 9.17) is 4.74 Å². The van der Waals surface area contributed by atoms with Gasteiger partial charge in [-0.2, -0.15) is 13.2 Å². The molecule has 0 bridgehead atoms. The van der Waals surface area contributed by atoms with Crippen molar-refractivity contribution in [2.24, 2.45) is 0 Å². The van der Waals surface area contributed by atoms with Crippen LogP contribution in [0, 0.1) is 0 Å². The Balaban J connectivity index is 3.31. The number of benzene rings is 1. The van der Waals surface area contributed by atoms with E-state index in [1.807, 2.05) is 0 Å². The van der Waals surface area contributed by atoms with Gasteiger partial charge in [0.05, 0.1) is 23.2 Å². The molecule has 1 aromatic carbocycles. The molecule has 0 amide bonds. The molecule has 0 radical (unpaired) electrons. The van der Waals surface area contributed by atoms with E-state index in [2.05, 4.69) is 15.9 Å². The molecular formula is C11H12BrF3O2. The molecular weight excluding hydrogens is 301 g/mol. The van der Waals surface area contributed by atoms with Gasteiger partial charge in [0.15, 0.2) is 0 Å². The number of hydrogen-bond acceptors (Lipinski definition) is 2. The van der Waals surface area contributed by atoms with Gasteiger partial charge < -0.3 is 9.84 Å². The first-order valence-corrected chi connectivity index (χ1v) is 5.66. The van der Waals surface area contributed by atoms with Crippen LogP contribution in [0.15, 0.2) is 16.6 Å². The Morgan fingerprint density at radius 3 is 2.41 bits per heavy atom. The molecule has 6 heteroatoms. The molecule has 0 aromatic heterocycles. The third-order valence-electron chi connectivity index (χ3n) is 2.20. The molecule has 1 unspecified atom stereocenters. The molecule has 0 saturated carbocycles. The lowest BCUT2D eigenvalue weighted by molar-refractivity contribution is -0.138. The van der Waals surface area contributed by atoms with Crippen LogP contribution in [0.5, 0.6) is 5.75 Å². The minimum Gasteiger partial charge on any atom is -0.496 e. The lowest BCUT2D eigenvalue weighted by atomic mass is 10.0. The van der Waals surface area contributed by atoms with E-state index in [9.17, 15) is 18.3 Å². The number of methoxy groups -OCH3 is 1. The topological polar surface area (TPSA) is 29.5 Å². The normalized spacial score (nSPS) is 13.6. The average Bonchev–Trinajstić information content (AvgIpc) is 2.14. The highest BCUT2D eigenvalue weighted by molar-refractivity contribution is 9.10. The molecule has 96 valence electrons. The van der Waals surface area contributed by atoms with Gasteiger partial charge in [0.2, 0.25) is 0 Å². The quantitative estimate of drug-likeness (QED) is 0.927. The fraction of sp³-hybridized carbons (Fsp3) is 0.455. The third-order valence-corrected chi connectivity index (χ3v) is 2.82. The van der Waals surface area contributed by atoms with Crippen molar-refractivity contribution in [3.8, 4) is 5.75 Å². The number of aliphatic hydroxyl groups excluding tert-OH is 1. The van der Waals surface area contributed by atoms with E-state index in [-0.39, 0.29) is 17.7 Å². The van der Waals surface area contributed by atoms with Crippen molar-refractivity contribution in [3.63, 3.8) is 0 Å². The highest BCUT2D eigenvalue weighted by atomic mass is 79.9. The number of hydrogen-bond donors (Lipinski definition) is 1. The molecule has 1 N–H and O–H groups in total. The van der Waals surface area contributed by atoms with Gasteiger partial charge >= 0.3 is 6.18 Å². The minimum atomic E-state index is -4.46. The van der Waals surface area contributed by atoms with E-state index in [1.165, 1.54) is 20.1 Å². The maximum atomic E-state index is 12.8. The molecule has 0 heterocycles. The first-order valence-electron chi connectivity index (χ1n) is 4.87. The molecule has 17 heavy (non-hydrogen) atoms. The lowest BCUT2D eigenvalue weighted by Crippen LogP contribution is -2.14. The van der Waals surface area contributed by atoms with Gasteiger partial charge in [0.1, 0.15) is 5.75 Å². The SMILES string of the molecule is COc1cc(C(F)(F)F)c(CC(C)O)cc1Br. The van der Waals surface area contributed by atoms with E-state index in [1.54, 1.807) is 0 Å². The molecule has 0 saturated heterocycles. The van der Waals surface area contributed by atoms with Crippen LogP contribution in [0.4, 0.5) is 13.2 Å². The summed E-state index contributed by atoms with van der Waals surface area (Å²) in [5.41, 5.74) is -0.737. The molecule has 0 fully saturated rings. The summed E-state index contributed by atoms with van der Waals surface area (Å²) in [6, 6.07) is 2.26. The van der Waals surface area contributed by atoms with E-state index < -0.39 is 17.8 Å². The molecule has 0 aliphatic heterocycles. The monoisotopic (exact) mass is 312 g/mol. The van der Waals surface area contributed by atoms with E-state index in [0.29, 0.717) is 4.47 Å². The summed E-state index contributed by atoms with van der Waals surface area (Å²) in [6.45, 7) is 1.44. The number of rotatable bonds is 3. The number of ether oxygens (including phenoxy) is 1. The molecule has 0 aliphatic rings. The summed E-state index contributed by atoms with van der Waals surface area (Å²) in [7, 11) is 1.30. The predicted octanol–water partition coefficient (Wildman–Crippen LogP) is 3.40. The Hall–Kier alpha value is -0.750. The van der Waals surface area contributed by atoms with Crippen molar-refractivity contribution in [2.45, 2.75) is 25.6 Å². The Morgan fingerprint density at radius 2 is 2.00 bits per heavy atom. The second kappa shape index (κ2) is 5.27. The molecule has 1 rings (SSSR count). The predicted molar refractivity (Wildman–Crippen MR) is 61.1 cm³/mol. The average molecular weight is 313 g/mol. The second-order valence-corrected chi connectivity index (χ2v) is 4.55. The molecule has 2 nitrogen and oxygen atoms in total. The van der Waals surface area contributed by atoms with Crippen LogP contribution < -0.4 is 4.74 Å². The van der Waals surface area contributed by atoms with Crippen molar-refractivity contribution in [3.05, 3.63) is 27.7 Å². The lowest BCUT2D eigenvalue weighted by Gasteiger charge is -2.16. The summed E-state index contributed by atoms with van der Waals surface area (Å²) in [5, 5.41) is 9.20. The van der Waals surface area contributed by atoms with Crippen molar-refractivity contribution in [1.82, 2.24) is 0 Å². The summed E-state index contributed by atoms with van der Waals surface area (Å²) in [4.78, 5) is 0. The fourth-order valence-corrected chi connectivity index (χ4v) is 2.05. The van der Waals surface area contributed by atoms with E-state index in [0.717, 1.165) is 6.07 Å². The molecule has 0 aliphatic carbocycles. The zero-order chi connectivity index (χ0) is 13.2. The summed E-state index contributed by atoms with van der Waals surface area (Å²) < 4.78 is 43.6. The van der Waals surface area contributed by atoms with Crippen molar-refractivity contribution >= 4 is 15.9 Å². The van der Waals surface area contributed by atoms with Crippen LogP contribution in [0.3, 0.4) is 0 Å². The summed E-state index contributed by atoms with van der Waals surface area (Å²) in [5.74, 6) is 0.117. The zero-order valence-electron chi connectivity index (χ0n) is 9.31. The smallest absolute Gasteiger partial charge is 0.416 e. The van der Waals surface area contributed by atoms with Crippen molar-refractivity contribution in [2.75, 3.05) is 7.11 Å². The van der Waals surface area contributed by atoms with Crippen LogP contribution >= 0.6 is 15.9 Å². The van der Waals surface area contributed by atoms with Crippen LogP contribution in [-0.2, 0) is 12.6 Å². The first kappa shape index (κ1) is 14.3. The highest BCUT2D eigenvalue weighted by Crippen LogP contribution is 2.38. The maximum Gasteiger partial charge on any atom is 0.416 e. The Labute approximate surface area is 106 Å². The van der Waals surface area contributed by atoms with Gasteiger partial charge in [0.25, 0.3) is 0 Å². The Kier molecular flexibility index (Phi) is 4.43. The minimum absolute atomic E-state index is 0.0418. The largest absolute Gasteiger partial charge is 0.496 e. The number of aliphatic hydroxyl groups is 1. The molecule has 1 aromatic rings. The summed E-state index contributed by atoms with van der Waals surface area (Å²) >= 11 is 3.12. The zero-order valence-corrected chi connectivity index (χ0v) is 10.9. The standard InChI is InChI=1S/C11H12BrF3O2/c1-6(16)3-7-4-9(12)10(17-2)5-8(7)11(13,14)15/h4-6,16H,3H2,1-2H3. The number of alkyl halides is 3.